The van der Waals surface area contributed by atoms with E-state index in [1.807, 2.05) is 86.0 Å². The van der Waals surface area contributed by atoms with Crippen LogP contribution in [-0.4, -0.2) is 20.5 Å². The molecule has 1 amide bonds. The molecule has 28 heavy (non-hydrogen) atoms. The van der Waals surface area contributed by atoms with E-state index in [1.54, 1.807) is 0 Å². The van der Waals surface area contributed by atoms with Crippen molar-refractivity contribution in [3.63, 3.8) is 0 Å². The van der Waals surface area contributed by atoms with Gasteiger partial charge in [-0.25, -0.2) is 9.50 Å². The third-order valence-electron chi connectivity index (χ3n) is 4.91. The average molecular weight is 370 g/mol. The number of carbonyl (C=O) groups excluding carboxylic acids is 1. The van der Waals surface area contributed by atoms with Crippen molar-refractivity contribution in [2.24, 2.45) is 0 Å². The van der Waals surface area contributed by atoms with Gasteiger partial charge in [-0.1, -0.05) is 48.0 Å². The molecule has 0 saturated heterocycles. The number of aryl methyl sites for hydroxylation is 3. The smallest absolute Gasteiger partial charge is 0.228 e. The van der Waals surface area contributed by atoms with E-state index < -0.39 is 0 Å². The van der Waals surface area contributed by atoms with Gasteiger partial charge >= 0.3 is 0 Å². The maximum Gasteiger partial charge on any atom is 0.228 e. The molecule has 0 bridgehead atoms. The Morgan fingerprint density at radius 2 is 1.71 bits per heavy atom. The summed E-state index contributed by atoms with van der Waals surface area (Å²) in [5, 5.41) is 7.66. The first-order chi connectivity index (χ1) is 13.5. The number of carbonyl (C=O) groups is 1. The molecular weight excluding hydrogens is 348 g/mol. The average Bonchev–Trinajstić information content (AvgIpc) is 3.12. The number of nitrogens with zero attached hydrogens (tertiary/aromatic N) is 3. The predicted molar refractivity (Wildman–Crippen MR) is 111 cm³/mol. The molecule has 0 saturated carbocycles. The number of rotatable bonds is 4. The normalized spacial score (nSPS) is 11.0. The fourth-order valence-electron chi connectivity index (χ4n) is 3.34. The van der Waals surface area contributed by atoms with Gasteiger partial charge < -0.3 is 5.32 Å². The Morgan fingerprint density at radius 3 is 2.43 bits per heavy atom. The molecule has 0 aliphatic rings. The summed E-state index contributed by atoms with van der Waals surface area (Å²) < 4.78 is 1.82. The van der Waals surface area contributed by atoms with Crippen LogP contribution in [0, 0.1) is 20.8 Å². The molecule has 0 radical (unpaired) electrons. The number of hydrogen-bond donors (Lipinski definition) is 1. The first kappa shape index (κ1) is 17.9. The number of nitrogens with one attached hydrogen (secondary N) is 1. The molecule has 4 aromatic rings. The fraction of sp³-hybridized carbons (Fsp3) is 0.174. The maximum absolute atomic E-state index is 12.6. The molecule has 140 valence electrons. The highest BCUT2D eigenvalue weighted by Gasteiger charge is 2.16. The third-order valence-corrected chi connectivity index (χ3v) is 4.91. The summed E-state index contributed by atoms with van der Waals surface area (Å²) >= 11 is 0. The zero-order valence-electron chi connectivity index (χ0n) is 16.2. The highest BCUT2D eigenvalue weighted by atomic mass is 16.1. The van der Waals surface area contributed by atoms with Gasteiger partial charge in [0.15, 0.2) is 5.65 Å². The van der Waals surface area contributed by atoms with Crippen LogP contribution in [0.5, 0.6) is 0 Å². The molecule has 0 spiro atoms. The molecule has 0 aliphatic carbocycles. The maximum atomic E-state index is 12.6. The van der Waals surface area contributed by atoms with Crippen molar-refractivity contribution in [1.82, 2.24) is 14.6 Å². The lowest BCUT2D eigenvalue weighted by Gasteiger charge is -2.11. The molecule has 0 fully saturated rings. The third kappa shape index (κ3) is 3.51. The van der Waals surface area contributed by atoms with Gasteiger partial charge in [-0.3, -0.25) is 4.79 Å². The van der Waals surface area contributed by atoms with E-state index in [2.05, 4.69) is 10.3 Å². The second-order valence-electron chi connectivity index (χ2n) is 7.02. The summed E-state index contributed by atoms with van der Waals surface area (Å²) in [5.74, 6) is -0.0633. The Balaban J connectivity index is 1.63. The second-order valence-corrected chi connectivity index (χ2v) is 7.02. The van der Waals surface area contributed by atoms with E-state index in [0.717, 1.165) is 45.1 Å². The monoisotopic (exact) mass is 370 g/mol. The van der Waals surface area contributed by atoms with Crippen LogP contribution in [0.1, 0.15) is 22.5 Å². The summed E-state index contributed by atoms with van der Waals surface area (Å²) in [6.45, 7) is 5.95. The Labute approximate surface area is 164 Å². The van der Waals surface area contributed by atoms with Crippen molar-refractivity contribution >= 4 is 17.2 Å². The van der Waals surface area contributed by atoms with Gasteiger partial charge in [0, 0.05) is 34.3 Å². The van der Waals surface area contributed by atoms with Crippen molar-refractivity contribution in [1.29, 1.82) is 0 Å². The number of anilines is 1. The molecule has 0 unspecified atom stereocenters. The molecule has 5 heteroatoms. The minimum atomic E-state index is -0.0633. The van der Waals surface area contributed by atoms with E-state index in [4.69, 9.17) is 5.10 Å². The standard InChI is InChI=1S/C23H22N4O/c1-15-9-11-19(12-10-15)25-23(28)13-20-16(2)24-22-14-21(26-27(22)17(20)3)18-7-5-4-6-8-18/h4-12,14H,13H2,1-3H3,(H,25,28). The van der Waals surface area contributed by atoms with Gasteiger partial charge in [0.25, 0.3) is 0 Å². The lowest BCUT2D eigenvalue weighted by atomic mass is 10.1. The first-order valence-electron chi connectivity index (χ1n) is 9.29. The van der Waals surface area contributed by atoms with Gasteiger partial charge in [-0.15, -0.1) is 0 Å². The largest absolute Gasteiger partial charge is 0.326 e. The number of aromatic nitrogens is 3. The van der Waals surface area contributed by atoms with Crippen LogP contribution in [0.25, 0.3) is 16.9 Å². The highest BCUT2D eigenvalue weighted by Crippen LogP contribution is 2.22. The van der Waals surface area contributed by atoms with Gasteiger partial charge in [0.1, 0.15) is 0 Å². The van der Waals surface area contributed by atoms with Crippen LogP contribution in [0.3, 0.4) is 0 Å². The topological polar surface area (TPSA) is 59.3 Å². The molecule has 0 atom stereocenters. The van der Waals surface area contributed by atoms with Crippen molar-refractivity contribution < 1.29 is 4.79 Å². The zero-order valence-corrected chi connectivity index (χ0v) is 16.2. The van der Waals surface area contributed by atoms with Crippen molar-refractivity contribution in [2.45, 2.75) is 27.2 Å². The number of amides is 1. The van der Waals surface area contributed by atoms with E-state index in [-0.39, 0.29) is 12.3 Å². The summed E-state index contributed by atoms with van der Waals surface area (Å²) in [5.41, 5.74) is 7.35. The van der Waals surface area contributed by atoms with Crippen molar-refractivity contribution in [3.05, 3.63) is 83.2 Å². The van der Waals surface area contributed by atoms with Crippen molar-refractivity contribution in [3.8, 4) is 11.3 Å². The summed E-state index contributed by atoms with van der Waals surface area (Å²) in [6, 6.07) is 19.8. The van der Waals surface area contributed by atoms with Gasteiger partial charge in [-0.2, -0.15) is 5.10 Å². The van der Waals surface area contributed by atoms with Crippen LogP contribution in [0.15, 0.2) is 60.7 Å². The number of hydrogen-bond acceptors (Lipinski definition) is 3. The zero-order chi connectivity index (χ0) is 19.7. The van der Waals surface area contributed by atoms with E-state index >= 15 is 0 Å². The minimum Gasteiger partial charge on any atom is -0.326 e. The summed E-state index contributed by atoms with van der Waals surface area (Å²) in [4.78, 5) is 17.2. The lowest BCUT2D eigenvalue weighted by molar-refractivity contribution is -0.115. The molecule has 2 aromatic carbocycles. The van der Waals surface area contributed by atoms with Gasteiger partial charge in [0.2, 0.25) is 5.91 Å². The summed E-state index contributed by atoms with van der Waals surface area (Å²) in [6.07, 6.45) is 0.259. The minimum absolute atomic E-state index is 0.0633. The van der Waals surface area contributed by atoms with Crippen LogP contribution in [-0.2, 0) is 11.2 Å². The van der Waals surface area contributed by atoms with Crippen LogP contribution < -0.4 is 5.32 Å². The van der Waals surface area contributed by atoms with Gasteiger partial charge in [0.05, 0.1) is 12.1 Å². The second kappa shape index (κ2) is 7.27. The quantitative estimate of drug-likeness (QED) is 0.575. The molecule has 2 aromatic heterocycles. The van der Waals surface area contributed by atoms with Crippen LogP contribution in [0.4, 0.5) is 5.69 Å². The molecule has 2 heterocycles. The molecule has 0 aliphatic heterocycles. The number of benzene rings is 2. The fourth-order valence-corrected chi connectivity index (χ4v) is 3.34. The Bertz CT molecular complexity index is 1140. The molecule has 4 rings (SSSR count). The molecule has 1 N–H and O–H groups in total. The van der Waals surface area contributed by atoms with Crippen molar-refractivity contribution in [2.75, 3.05) is 5.32 Å². The molecule has 5 nitrogen and oxygen atoms in total. The SMILES string of the molecule is Cc1ccc(NC(=O)Cc2c(C)nc3cc(-c4ccccc4)nn3c2C)cc1. The van der Waals surface area contributed by atoms with Crippen LogP contribution in [0.2, 0.25) is 0 Å². The highest BCUT2D eigenvalue weighted by molar-refractivity contribution is 5.92. The van der Waals surface area contributed by atoms with Crippen LogP contribution >= 0.6 is 0 Å². The first-order valence-corrected chi connectivity index (χ1v) is 9.29. The lowest BCUT2D eigenvalue weighted by Crippen LogP contribution is -2.17. The Hall–Kier alpha value is -3.47. The summed E-state index contributed by atoms with van der Waals surface area (Å²) in [7, 11) is 0. The number of fused-ring (bicyclic) bond motifs is 1. The van der Waals surface area contributed by atoms with E-state index in [0.29, 0.717) is 0 Å². The predicted octanol–water partition coefficient (Wildman–Crippen LogP) is 4.50. The van der Waals surface area contributed by atoms with Gasteiger partial charge in [-0.05, 0) is 32.9 Å². The molecular formula is C23H22N4O. The van der Waals surface area contributed by atoms with E-state index in [1.165, 1.54) is 0 Å². The Kier molecular flexibility index (Phi) is 4.65. The van der Waals surface area contributed by atoms with E-state index in [9.17, 15) is 4.79 Å². The Morgan fingerprint density at radius 1 is 1.00 bits per heavy atom.